The first-order chi connectivity index (χ1) is 13.7. The molecule has 28 heavy (non-hydrogen) atoms. The third-order valence-corrected chi connectivity index (χ3v) is 5.35. The number of carbonyl (C=O) groups excluding carboxylic acids is 2. The molecule has 4 rings (SSSR count). The van der Waals surface area contributed by atoms with Crippen molar-refractivity contribution < 1.29 is 9.59 Å². The number of aromatic nitrogens is 2. The molecular formula is C20H19N5O2S. The van der Waals surface area contributed by atoms with Crippen molar-refractivity contribution in [2.45, 2.75) is 13.0 Å². The Morgan fingerprint density at radius 2 is 1.89 bits per heavy atom. The maximum Gasteiger partial charge on any atom is 0.276 e. The van der Waals surface area contributed by atoms with Crippen molar-refractivity contribution in [2.75, 3.05) is 23.7 Å². The largest absolute Gasteiger partial charge is 0.325 e. The van der Waals surface area contributed by atoms with Crippen molar-refractivity contribution in [3.8, 4) is 0 Å². The van der Waals surface area contributed by atoms with E-state index in [0.29, 0.717) is 23.9 Å². The number of nitrogens with zero attached hydrogens (tertiary/aromatic N) is 3. The van der Waals surface area contributed by atoms with Crippen molar-refractivity contribution in [1.29, 1.82) is 0 Å². The highest BCUT2D eigenvalue weighted by Gasteiger charge is 2.23. The van der Waals surface area contributed by atoms with E-state index in [2.05, 4.69) is 25.5 Å². The van der Waals surface area contributed by atoms with Crippen molar-refractivity contribution in [3.63, 3.8) is 0 Å². The number of pyridine rings is 1. The highest BCUT2D eigenvalue weighted by Crippen LogP contribution is 2.28. The fourth-order valence-corrected chi connectivity index (χ4v) is 4.07. The van der Waals surface area contributed by atoms with Crippen LogP contribution in [0, 0.1) is 0 Å². The summed E-state index contributed by atoms with van der Waals surface area (Å²) in [4.78, 5) is 36.3. The molecule has 2 amide bonds. The van der Waals surface area contributed by atoms with E-state index in [9.17, 15) is 9.59 Å². The molecule has 0 saturated heterocycles. The minimum absolute atomic E-state index is 0.0390. The van der Waals surface area contributed by atoms with Crippen LogP contribution in [0.5, 0.6) is 0 Å². The predicted octanol–water partition coefficient (Wildman–Crippen LogP) is 2.79. The van der Waals surface area contributed by atoms with E-state index in [1.165, 1.54) is 11.3 Å². The summed E-state index contributed by atoms with van der Waals surface area (Å²) in [6.45, 7) is 1.73. The van der Waals surface area contributed by atoms with Crippen LogP contribution in [0.1, 0.15) is 21.1 Å². The molecule has 142 valence electrons. The maximum atomic E-state index is 12.3. The predicted molar refractivity (Wildman–Crippen MR) is 108 cm³/mol. The van der Waals surface area contributed by atoms with Crippen LogP contribution < -0.4 is 10.6 Å². The molecule has 1 aliphatic heterocycles. The van der Waals surface area contributed by atoms with E-state index in [0.717, 1.165) is 29.2 Å². The summed E-state index contributed by atoms with van der Waals surface area (Å²) in [5.74, 6) is -0.311. The lowest BCUT2D eigenvalue weighted by molar-refractivity contribution is -0.117. The Labute approximate surface area is 166 Å². The third-order valence-electron chi connectivity index (χ3n) is 4.35. The van der Waals surface area contributed by atoms with E-state index in [1.54, 1.807) is 24.4 Å². The summed E-state index contributed by atoms with van der Waals surface area (Å²) in [6.07, 6.45) is 2.34. The number of thiazole rings is 1. The number of nitrogens with one attached hydrogen (secondary N) is 2. The monoisotopic (exact) mass is 393 g/mol. The minimum Gasteiger partial charge on any atom is -0.325 e. The molecular weight excluding hydrogens is 374 g/mol. The Balaban J connectivity index is 1.35. The quantitative estimate of drug-likeness (QED) is 0.696. The van der Waals surface area contributed by atoms with Crippen LogP contribution in [0.2, 0.25) is 0 Å². The average molecular weight is 393 g/mol. The number of carbonyl (C=O) groups is 2. The second-order valence-corrected chi connectivity index (χ2v) is 7.52. The van der Waals surface area contributed by atoms with E-state index in [1.807, 2.05) is 30.3 Å². The molecule has 3 heterocycles. The molecule has 3 aromatic rings. The molecule has 0 saturated carbocycles. The van der Waals surface area contributed by atoms with E-state index in [4.69, 9.17) is 0 Å². The molecule has 0 fully saturated rings. The minimum atomic E-state index is -0.272. The van der Waals surface area contributed by atoms with E-state index < -0.39 is 0 Å². The summed E-state index contributed by atoms with van der Waals surface area (Å²) in [5.41, 5.74) is 2.14. The lowest BCUT2D eigenvalue weighted by Crippen LogP contribution is -2.36. The molecule has 7 nitrogen and oxygen atoms in total. The van der Waals surface area contributed by atoms with Crippen molar-refractivity contribution in [3.05, 3.63) is 71.0 Å². The van der Waals surface area contributed by atoms with Gasteiger partial charge in [-0.1, -0.05) is 24.3 Å². The van der Waals surface area contributed by atoms with Crippen molar-refractivity contribution in [2.24, 2.45) is 0 Å². The molecule has 2 N–H and O–H groups in total. The van der Waals surface area contributed by atoms with Crippen molar-refractivity contribution in [1.82, 2.24) is 14.9 Å². The van der Waals surface area contributed by atoms with Gasteiger partial charge in [0.1, 0.15) is 5.69 Å². The SMILES string of the molecule is O=C(CN1CCc2nc(NC(=O)c3ccccn3)sc2C1)Nc1ccccc1. The second-order valence-electron chi connectivity index (χ2n) is 6.43. The average Bonchev–Trinajstić information content (AvgIpc) is 3.10. The lowest BCUT2D eigenvalue weighted by atomic mass is 10.2. The number of para-hydroxylation sites is 1. The van der Waals surface area contributed by atoms with Crippen LogP contribution >= 0.6 is 11.3 Å². The van der Waals surface area contributed by atoms with E-state index >= 15 is 0 Å². The van der Waals surface area contributed by atoms with Gasteiger partial charge in [0.2, 0.25) is 5.91 Å². The third kappa shape index (κ3) is 4.41. The van der Waals surface area contributed by atoms with Crippen LogP contribution in [0.3, 0.4) is 0 Å². The number of anilines is 2. The van der Waals surface area contributed by atoms with E-state index in [-0.39, 0.29) is 11.8 Å². The van der Waals surface area contributed by atoms with Crippen molar-refractivity contribution >= 4 is 34.0 Å². The van der Waals surface area contributed by atoms with Crippen LogP contribution in [-0.2, 0) is 17.8 Å². The van der Waals surface area contributed by atoms with Gasteiger partial charge < -0.3 is 5.32 Å². The van der Waals surface area contributed by atoms with Crippen LogP contribution in [-0.4, -0.2) is 39.8 Å². The Bertz CT molecular complexity index is 975. The summed E-state index contributed by atoms with van der Waals surface area (Å²) < 4.78 is 0. The van der Waals surface area contributed by atoms with Gasteiger partial charge in [0.25, 0.3) is 5.91 Å². The summed E-state index contributed by atoms with van der Waals surface area (Å²) in [6, 6.07) is 14.6. The number of benzene rings is 1. The van der Waals surface area contributed by atoms with Gasteiger partial charge in [0.15, 0.2) is 5.13 Å². The topological polar surface area (TPSA) is 87.2 Å². The second kappa shape index (κ2) is 8.28. The zero-order valence-corrected chi connectivity index (χ0v) is 15.9. The van der Waals surface area contributed by atoms with Gasteiger partial charge in [-0.15, -0.1) is 11.3 Å². The number of rotatable bonds is 5. The first-order valence-corrected chi connectivity index (χ1v) is 9.77. The van der Waals surface area contributed by atoms with Crippen LogP contribution in [0.15, 0.2) is 54.7 Å². The Morgan fingerprint density at radius 3 is 2.68 bits per heavy atom. The van der Waals surface area contributed by atoms with Gasteiger partial charge in [-0.25, -0.2) is 4.98 Å². The number of hydrogen-bond acceptors (Lipinski definition) is 6. The first-order valence-electron chi connectivity index (χ1n) is 8.95. The fraction of sp³-hybridized carbons (Fsp3) is 0.200. The zero-order chi connectivity index (χ0) is 19.3. The Kier molecular flexibility index (Phi) is 5.41. The maximum absolute atomic E-state index is 12.3. The molecule has 0 unspecified atom stereocenters. The summed E-state index contributed by atoms with van der Waals surface area (Å²) in [7, 11) is 0. The molecule has 0 atom stereocenters. The van der Waals surface area contributed by atoms with Crippen LogP contribution in [0.25, 0.3) is 0 Å². The lowest BCUT2D eigenvalue weighted by Gasteiger charge is -2.25. The standard InChI is InChI=1S/C20H19N5O2S/c26-18(22-14-6-2-1-3-7-14)13-25-11-9-15-17(12-25)28-20(23-15)24-19(27)16-8-4-5-10-21-16/h1-8,10H,9,11-13H2,(H,22,26)(H,23,24,27). The summed E-state index contributed by atoms with van der Waals surface area (Å²) >= 11 is 1.45. The fourth-order valence-electron chi connectivity index (χ4n) is 3.02. The Hall–Kier alpha value is -3.10. The highest BCUT2D eigenvalue weighted by atomic mass is 32.1. The van der Waals surface area contributed by atoms with Crippen LogP contribution in [0.4, 0.5) is 10.8 Å². The smallest absolute Gasteiger partial charge is 0.276 e. The highest BCUT2D eigenvalue weighted by molar-refractivity contribution is 7.15. The molecule has 1 aromatic carbocycles. The molecule has 1 aliphatic rings. The number of fused-ring (bicyclic) bond motifs is 1. The van der Waals surface area contributed by atoms with Gasteiger partial charge in [0, 0.05) is 36.3 Å². The Morgan fingerprint density at radius 1 is 1.07 bits per heavy atom. The van der Waals surface area contributed by atoms with Gasteiger partial charge in [-0.2, -0.15) is 0 Å². The van der Waals surface area contributed by atoms with Gasteiger partial charge >= 0.3 is 0 Å². The van der Waals surface area contributed by atoms with Gasteiger partial charge in [-0.3, -0.25) is 24.8 Å². The van der Waals surface area contributed by atoms with Gasteiger partial charge in [0.05, 0.1) is 12.2 Å². The zero-order valence-electron chi connectivity index (χ0n) is 15.1. The number of amides is 2. The molecule has 2 aromatic heterocycles. The molecule has 0 radical (unpaired) electrons. The summed E-state index contributed by atoms with van der Waals surface area (Å²) in [5, 5.41) is 6.28. The normalized spacial score (nSPS) is 13.6. The molecule has 0 bridgehead atoms. The molecule has 8 heteroatoms. The number of hydrogen-bond donors (Lipinski definition) is 2. The molecule has 0 spiro atoms. The first kappa shape index (κ1) is 18.3. The molecule has 0 aliphatic carbocycles. The van der Waals surface area contributed by atoms with Gasteiger partial charge in [-0.05, 0) is 24.3 Å².